The first kappa shape index (κ1) is 10.9. The van der Waals surface area contributed by atoms with E-state index in [4.69, 9.17) is 0 Å². The number of aliphatic carboxylic acids is 1. The van der Waals surface area contributed by atoms with Gasteiger partial charge in [-0.1, -0.05) is 0 Å². The summed E-state index contributed by atoms with van der Waals surface area (Å²) >= 11 is 0. The molecule has 4 nitrogen and oxygen atoms in total. The zero-order valence-electron chi connectivity index (χ0n) is 9.49. The van der Waals surface area contributed by atoms with Crippen molar-refractivity contribution >= 4 is 5.97 Å². The van der Waals surface area contributed by atoms with Crippen LogP contribution in [0.5, 0.6) is 0 Å². The molecule has 1 saturated carbocycles. The van der Waals surface area contributed by atoms with Crippen LogP contribution in [0.3, 0.4) is 0 Å². The van der Waals surface area contributed by atoms with Gasteiger partial charge in [-0.05, 0) is 45.8 Å². The van der Waals surface area contributed by atoms with Crippen LogP contribution in [0.4, 0.5) is 0 Å². The molecule has 15 heavy (non-hydrogen) atoms. The van der Waals surface area contributed by atoms with E-state index in [2.05, 4.69) is 17.3 Å². The molecule has 0 spiro atoms. The molecule has 2 unspecified atom stereocenters. The van der Waals surface area contributed by atoms with Gasteiger partial charge in [0.2, 0.25) is 0 Å². The number of nitrogens with one attached hydrogen (secondary N) is 1. The largest absolute Gasteiger partial charge is 0.481 e. The third kappa shape index (κ3) is 1.76. The fourth-order valence-electron chi connectivity index (χ4n) is 3.00. The van der Waals surface area contributed by atoms with Crippen molar-refractivity contribution in [2.45, 2.75) is 25.3 Å². The van der Waals surface area contributed by atoms with Crippen molar-refractivity contribution in [2.24, 2.45) is 11.3 Å². The molecule has 1 aliphatic carbocycles. The van der Waals surface area contributed by atoms with Gasteiger partial charge in [0.25, 0.3) is 0 Å². The summed E-state index contributed by atoms with van der Waals surface area (Å²) in [5.74, 6) is -0.116. The number of carboxylic acids is 1. The van der Waals surface area contributed by atoms with Crippen molar-refractivity contribution < 1.29 is 9.90 Å². The standard InChI is InChI=1S/C11H20N2O2/c1-12-9(8-3-6-13(2)7-8)11(4-5-11)10(14)15/h8-9,12H,3-7H2,1-2H3,(H,14,15). The fraction of sp³-hybridized carbons (Fsp3) is 0.909. The van der Waals surface area contributed by atoms with E-state index in [9.17, 15) is 9.90 Å². The first-order valence-electron chi connectivity index (χ1n) is 5.69. The summed E-state index contributed by atoms with van der Waals surface area (Å²) in [5.41, 5.74) is -0.454. The monoisotopic (exact) mass is 212 g/mol. The summed E-state index contributed by atoms with van der Waals surface area (Å²) in [4.78, 5) is 13.6. The minimum atomic E-state index is -0.614. The van der Waals surface area contributed by atoms with Crippen molar-refractivity contribution in [2.75, 3.05) is 27.2 Å². The molecular formula is C11H20N2O2. The molecule has 2 fully saturated rings. The van der Waals surface area contributed by atoms with Gasteiger partial charge in [-0.15, -0.1) is 0 Å². The molecule has 1 heterocycles. The molecule has 2 N–H and O–H groups in total. The summed E-state index contributed by atoms with van der Waals surface area (Å²) in [6.45, 7) is 2.12. The number of carbonyl (C=O) groups is 1. The van der Waals surface area contributed by atoms with Gasteiger partial charge in [-0.2, -0.15) is 0 Å². The van der Waals surface area contributed by atoms with E-state index in [1.54, 1.807) is 0 Å². The van der Waals surface area contributed by atoms with Gasteiger partial charge >= 0.3 is 5.97 Å². The van der Waals surface area contributed by atoms with Crippen LogP contribution >= 0.6 is 0 Å². The average molecular weight is 212 g/mol. The number of hydrogen-bond donors (Lipinski definition) is 2. The van der Waals surface area contributed by atoms with Gasteiger partial charge in [-0.3, -0.25) is 4.79 Å². The highest BCUT2D eigenvalue weighted by molar-refractivity contribution is 5.79. The molecule has 1 saturated heterocycles. The Morgan fingerprint density at radius 3 is 2.60 bits per heavy atom. The molecule has 2 rings (SSSR count). The molecule has 2 atom stereocenters. The Balaban J connectivity index is 2.07. The van der Waals surface area contributed by atoms with E-state index in [-0.39, 0.29) is 6.04 Å². The molecule has 0 aromatic carbocycles. The van der Waals surface area contributed by atoms with Crippen LogP contribution in [0.15, 0.2) is 0 Å². The molecular weight excluding hydrogens is 192 g/mol. The van der Waals surface area contributed by atoms with Crippen LogP contribution in [-0.4, -0.2) is 49.2 Å². The number of rotatable bonds is 4. The molecule has 1 aliphatic heterocycles. The van der Waals surface area contributed by atoms with E-state index in [0.717, 1.165) is 32.4 Å². The summed E-state index contributed by atoms with van der Waals surface area (Å²) in [7, 11) is 4.00. The average Bonchev–Trinajstić information content (AvgIpc) is 2.87. The lowest BCUT2D eigenvalue weighted by atomic mass is 9.85. The number of nitrogens with zero attached hydrogens (tertiary/aromatic N) is 1. The fourth-order valence-corrected chi connectivity index (χ4v) is 3.00. The Bertz CT molecular complexity index is 263. The second-order valence-corrected chi connectivity index (χ2v) is 5.04. The molecule has 4 heteroatoms. The van der Waals surface area contributed by atoms with Crippen molar-refractivity contribution in [1.82, 2.24) is 10.2 Å². The predicted molar refractivity (Wildman–Crippen MR) is 57.8 cm³/mol. The lowest BCUT2D eigenvalue weighted by Gasteiger charge is -2.28. The summed E-state index contributed by atoms with van der Waals surface area (Å²) in [6, 6.07) is 0.153. The van der Waals surface area contributed by atoms with Crippen molar-refractivity contribution in [3.63, 3.8) is 0 Å². The Labute approximate surface area is 90.6 Å². The predicted octanol–water partition coefficient (Wildman–Crippen LogP) is 0.391. The first-order valence-corrected chi connectivity index (χ1v) is 5.69. The van der Waals surface area contributed by atoms with Crippen LogP contribution in [0.25, 0.3) is 0 Å². The summed E-state index contributed by atoms with van der Waals surface area (Å²) in [6.07, 6.45) is 2.80. The van der Waals surface area contributed by atoms with E-state index in [0.29, 0.717) is 5.92 Å². The van der Waals surface area contributed by atoms with E-state index < -0.39 is 11.4 Å². The van der Waals surface area contributed by atoms with Crippen LogP contribution in [0.1, 0.15) is 19.3 Å². The van der Waals surface area contributed by atoms with Crippen molar-refractivity contribution in [1.29, 1.82) is 0 Å². The molecule has 86 valence electrons. The molecule has 0 aromatic heterocycles. The zero-order chi connectivity index (χ0) is 11.1. The second kappa shape index (κ2) is 3.76. The quantitative estimate of drug-likeness (QED) is 0.708. The van der Waals surface area contributed by atoms with Gasteiger partial charge in [0.05, 0.1) is 5.41 Å². The Kier molecular flexibility index (Phi) is 2.73. The van der Waals surface area contributed by atoms with Crippen LogP contribution in [0, 0.1) is 11.3 Å². The van der Waals surface area contributed by atoms with Gasteiger partial charge in [0, 0.05) is 12.6 Å². The highest BCUT2D eigenvalue weighted by Gasteiger charge is 2.58. The minimum absolute atomic E-state index is 0.153. The smallest absolute Gasteiger partial charge is 0.311 e. The van der Waals surface area contributed by atoms with Crippen LogP contribution < -0.4 is 5.32 Å². The van der Waals surface area contributed by atoms with Gasteiger partial charge in [0.15, 0.2) is 0 Å². The second-order valence-electron chi connectivity index (χ2n) is 5.04. The lowest BCUT2D eigenvalue weighted by Crippen LogP contribution is -2.46. The third-order valence-electron chi connectivity index (χ3n) is 4.02. The maximum Gasteiger partial charge on any atom is 0.311 e. The van der Waals surface area contributed by atoms with E-state index in [1.807, 2.05) is 7.05 Å². The van der Waals surface area contributed by atoms with Gasteiger partial charge < -0.3 is 15.3 Å². The molecule has 2 aliphatic rings. The summed E-state index contributed by atoms with van der Waals surface area (Å²) in [5, 5.41) is 12.5. The minimum Gasteiger partial charge on any atom is -0.481 e. The van der Waals surface area contributed by atoms with Crippen LogP contribution in [-0.2, 0) is 4.79 Å². The van der Waals surface area contributed by atoms with E-state index >= 15 is 0 Å². The molecule has 0 radical (unpaired) electrons. The van der Waals surface area contributed by atoms with Gasteiger partial charge in [-0.25, -0.2) is 0 Å². The number of hydrogen-bond acceptors (Lipinski definition) is 3. The van der Waals surface area contributed by atoms with Gasteiger partial charge in [0.1, 0.15) is 0 Å². The maximum atomic E-state index is 11.3. The number of likely N-dealkylation sites (tertiary alicyclic amines) is 1. The maximum absolute atomic E-state index is 11.3. The topological polar surface area (TPSA) is 52.6 Å². The highest BCUT2D eigenvalue weighted by Crippen LogP contribution is 2.51. The van der Waals surface area contributed by atoms with E-state index in [1.165, 1.54) is 0 Å². The lowest BCUT2D eigenvalue weighted by molar-refractivity contribution is -0.145. The first-order chi connectivity index (χ1) is 7.10. The Hall–Kier alpha value is -0.610. The normalized spacial score (nSPS) is 31.5. The molecule has 0 bridgehead atoms. The third-order valence-corrected chi connectivity index (χ3v) is 4.02. The van der Waals surface area contributed by atoms with Crippen molar-refractivity contribution in [3.05, 3.63) is 0 Å². The summed E-state index contributed by atoms with van der Waals surface area (Å²) < 4.78 is 0. The van der Waals surface area contributed by atoms with Crippen LogP contribution in [0.2, 0.25) is 0 Å². The molecule has 0 aromatic rings. The number of carboxylic acid groups (broad SMARTS) is 1. The zero-order valence-corrected chi connectivity index (χ0v) is 9.49. The Morgan fingerprint density at radius 1 is 1.60 bits per heavy atom. The molecule has 0 amide bonds. The highest BCUT2D eigenvalue weighted by atomic mass is 16.4. The Morgan fingerprint density at radius 2 is 2.27 bits per heavy atom. The van der Waals surface area contributed by atoms with Crippen molar-refractivity contribution in [3.8, 4) is 0 Å². The SMILES string of the molecule is CNC(C1CCN(C)C1)C1(C(=O)O)CC1.